The van der Waals surface area contributed by atoms with Gasteiger partial charge in [0.2, 0.25) is 0 Å². The van der Waals surface area contributed by atoms with Gasteiger partial charge in [0, 0.05) is 12.1 Å². The maximum Gasteiger partial charge on any atom is 0.0294 e. The Hall–Kier alpha value is -0.820. The number of hydrogen-bond donors (Lipinski definition) is 1. The van der Waals surface area contributed by atoms with E-state index in [-0.39, 0.29) is 5.41 Å². The molecule has 1 aromatic rings. The van der Waals surface area contributed by atoms with Crippen LogP contribution in [0.2, 0.25) is 0 Å². The summed E-state index contributed by atoms with van der Waals surface area (Å²) in [7, 11) is 0. The van der Waals surface area contributed by atoms with Crippen LogP contribution in [-0.4, -0.2) is 6.04 Å². The third-order valence-electron chi connectivity index (χ3n) is 5.45. The fourth-order valence-electron chi connectivity index (χ4n) is 3.51. The van der Waals surface area contributed by atoms with Crippen LogP contribution in [0, 0.1) is 11.8 Å². The Labute approximate surface area is 131 Å². The van der Waals surface area contributed by atoms with E-state index in [1.165, 1.54) is 30.4 Å². The standard InChI is InChI=1S/C20H33N/c1-14-8-7-9-19(15(14)2)21-16(3)17-10-12-18(13-11-17)20(4,5)6/h10-16,19,21H,7-9H2,1-6H3. The lowest BCUT2D eigenvalue weighted by Crippen LogP contribution is -2.41. The summed E-state index contributed by atoms with van der Waals surface area (Å²) in [6.07, 6.45) is 4.10. The fourth-order valence-corrected chi connectivity index (χ4v) is 3.51. The van der Waals surface area contributed by atoms with Gasteiger partial charge in [0.05, 0.1) is 0 Å². The summed E-state index contributed by atoms with van der Waals surface area (Å²) in [5.74, 6) is 1.64. The zero-order valence-electron chi connectivity index (χ0n) is 14.7. The van der Waals surface area contributed by atoms with Crippen LogP contribution in [0.4, 0.5) is 0 Å². The van der Waals surface area contributed by atoms with Crippen molar-refractivity contribution in [3.05, 3.63) is 35.4 Å². The molecule has 0 bridgehead atoms. The highest BCUT2D eigenvalue weighted by Crippen LogP contribution is 2.31. The average Bonchev–Trinajstić information content (AvgIpc) is 2.43. The van der Waals surface area contributed by atoms with Gasteiger partial charge in [-0.3, -0.25) is 0 Å². The molecule has 0 saturated heterocycles. The molecule has 0 aromatic heterocycles. The number of benzene rings is 1. The molecule has 2 rings (SSSR count). The summed E-state index contributed by atoms with van der Waals surface area (Å²) in [6, 6.07) is 10.3. The minimum Gasteiger partial charge on any atom is -0.307 e. The minimum atomic E-state index is 0.239. The molecule has 4 unspecified atom stereocenters. The molecule has 1 aromatic carbocycles. The molecule has 1 fully saturated rings. The lowest BCUT2D eigenvalue weighted by atomic mass is 9.77. The Morgan fingerprint density at radius 2 is 1.67 bits per heavy atom. The zero-order valence-corrected chi connectivity index (χ0v) is 14.7. The smallest absolute Gasteiger partial charge is 0.0294 e. The molecular formula is C20H33N. The van der Waals surface area contributed by atoms with Gasteiger partial charge in [-0.25, -0.2) is 0 Å². The van der Waals surface area contributed by atoms with Gasteiger partial charge >= 0.3 is 0 Å². The van der Waals surface area contributed by atoms with Crippen molar-refractivity contribution in [1.29, 1.82) is 0 Å². The monoisotopic (exact) mass is 287 g/mol. The first kappa shape index (κ1) is 16.5. The second-order valence-corrected chi connectivity index (χ2v) is 8.13. The number of hydrogen-bond acceptors (Lipinski definition) is 1. The maximum absolute atomic E-state index is 3.87. The summed E-state index contributed by atoms with van der Waals surface area (Å²) < 4.78 is 0. The minimum absolute atomic E-state index is 0.239. The van der Waals surface area contributed by atoms with Crippen LogP contribution >= 0.6 is 0 Å². The van der Waals surface area contributed by atoms with Crippen molar-refractivity contribution in [2.45, 2.75) is 78.3 Å². The zero-order chi connectivity index (χ0) is 15.6. The van der Waals surface area contributed by atoms with Crippen molar-refractivity contribution in [3.63, 3.8) is 0 Å². The van der Waals surface area contributed by atoms with Crippen LogP contribution in [0.1, 0.15) is 78.0 Å². The van der Waals surface area contributed by atoms with Crippen molar-refractivity contribution in [1.82, 2.24) is 5.32 Å². The van der Waals surface area contributed by atoms with Gasteiger partial charge in [0.1, 0.15) is 0 Å². The summed E-state index contributed by atoms with van der Waals surface area (Å²) in [4.78, 5) is 0. The van der Waals surface area contributed by atoms with E-state index < -0.39 is 0 Å². The molecule has 118 valence electrons. The molecule has 1 nitrogen and oxygen atoms in total. The van der Waals surface area contributed by atoms with E-state index in [9.17, 15) is 0 Å². The van der Waals surface area contributed by atoms with Crippen LogP contribution in [0.25, 0.3) is 0 Å². The fraction of sp³-hybridized carbons (Fsp3) is 0.700. The molecule has 0 radical (unpaired) electrons. The first-order valence-corrected chi connectivity index (χ1v) is 8.65. The van der Waals surface area contributed by atoms with Crippen molar-refractivity contribution in [3.8, 4) is 0 Å². The van der Waals surface area contributed by atoms with Crippen LogP contribution in [0.3, 0.4) is 0 Å². The molecule has 1 heteroatoms. The van der Waals surface area contributed by atoms with Crippen LogP contribution < -0.4 is 5.32 Å². The molecule has 1 aliphatic rings. The lowest BCUT2D eigenvalue weighted by Gasteiger charge is -2.36. The molecule has 4 atom stereocenters. The van der Waals surface area contributed by atoms with E-state index in [2.05, 4.69) is 71.1 Å². The summed E-state index contributed by atoms with van der Waals surface area (Å²) in [5.41, 5.74) is 3.06. The maximum atomic E-state index is 3.87. The molecule has 0 spiro atoms. The third-order valence-corrected chi connectivity index (χ3v) is 5.45. The Morgan fingerprint density at radius 1 is 1.05 bits per heavy atom. The van der Waals surface area contributed by atoms with E-state index in [1.54, 1.807) is 0 Å². The van der Waals surface area contributed by atoms with Gasteiger partial charge in [-0.1, -0.05) is 71.7 Å². The van der Waals surface area contributed by atoms with Gasteiger partial charge in [0.25, 0.3) is 0 Å². The number of nitrogens with one attached hydrogen (secondary N) is 1. The highest BCUT2D eigenvalue weighted by molar-refractivity contribution is 5.29. The second-order valence-electron chi connectivity index (χ2n) is 8.13. The second kappa shape index (κ2) is 6.52. The first-order chi connectivity index (χ1) is 9.79. The molecular weight excluding hydrogens is 254 g/mol. The van der Waals surface area contributed by atoms with Crippen LogP contribution in [0.5, 0.6) is 0 Å². The third kappa shape index (κ3) is 4.10. The summed E-state index contributed by atoms with van der Waals surface area (Å²) >= 11 is 0. The predicted molar refractivity (Wildman–Crippen MR) is 92.7 cm³/mol. The molecule has 0 aliphatic heterocycles. The van der Waals surface area contributed by atoms with Crippen molar-refractivity contribution in [2.24, 2.45) is 11.8 Å². The van der Waals surface area contributed by atoms with Crippen molar-refractivity contribution in [2.75, 3.05) is 0 Å². The molecule has 1 aliphatic carbocycles. The van der Waals surface area contributed by atoms with E-state index in [1.807, 2.05) is 0 Å². The Morgan fingerprint density at radius 3 is 2.24 bits per heavy atom. The van der Waals surface area contributed by atoms with E-state index in [0.29, 0.717) is 12.1 Å². The van der Waals surface area contributed by atoms with Gasteiger partial charge in [-0.15, -0.1) is 0 Å². The SMILES string of the molecule is CC(NC1CCCC(C)C1C)c1ccc(C(C)(C)C)cc1. The quantitative estimate of drug-likeness (QED) is 0.778. The van der Waals surface area contributed by atoms with Gasteiger partial charge in [-0.2, -0.15) is 0 Å². The van der Waals surface area contributed by atoms with E-state index in [4.69, 9.17) is 0 Å². The highest BCUT2D eigenvalue weighted by Gasteiger charge is 2.28. The van der Waals surface area contributed by atoms with Gasteiger partial charge in [-0.05, 0) is 41.7 Å². The van der Waals surface area contributed by atoms with Crippen molar-refractivity contribution < 1.29 is 0 Å². The van der Waals surface area contributed by atoms with Gasteiger partial charge in [0.15, 0.2) is 0 Å². The Balaban J connectivity index is 2.01. The van der Waals surface area contributed by atoms with Gasteiger partial charge < -0.3 is 5.32 Å². The lowest BCUT2D eigenvalue weighted by molar-refractivity contribution is 0.196. The number of rotatable bonds is 3. The van der Waals surface area contributed by atoms with Crippen LogP contribution in [-0.2, 0) is 5.41 Å². The highest BCUT2D eigenvalue weighted by atomic mass is 15.0. The molecule has 1 N–H and O–H groups in total. The Bertz CT molecular complexity index is 440. The Kier molecular flexibility index (Phi) is 5.14. The first-order valence-electron chi connectivity index (χ1n) is 8.65. The molecule has 0 amide bonds. The van der Waals surface area contributed by atoms with E-state index in [0.717, 1.165) is 11.8 Å². The summed E-state index contributed by atoms with van der Waals surface area (Å²) in [6.45, 7) is 13.9. The van der Waals surface area contributed by atoms with E-state index >= 15 is 0 Å². The topological polar surface area (TPSA) is 12.0 Å². The largest absolute Gasteiger partial charge is 0.307 e. The van der Waals surface area contributed by atoms with Crippen molar-refractivity contribution >= 4 is 0 Å². The summed E-state index contributed by atoms with van der Waals surface area (Å²) in [5, 5.41) is 3.87. The predicted octanol–water partition coefficient (Wildman–Crippen LogP) is 5.46. The normalized spacial score (nSPS) is 28.4. The molecule has 1 saturated carbocycles. The molecule has 0 heterocycles. The average molecular weight is 287 g/mol. The van der Waals surface area contributed by atoms with Crippen LogP contribution in [0.15, 0.2) is 24.3 Å². The molecule has 21 heavy (non-hydrogen) atoms.